The zero-order valence-corrected chi connectivity index (χ0v) is 40.4. The number of esters is 3. The van der Waals surface area contributed by atoms with Gasteiger partial charge in [-0.3, -0.25) is 14.4 Å². The Kier molecular flexibility index (Phi) is 44.7. The van der Waals surface area contributed by atoms with E-state index < -0.39 is 6.10 Å². The fraction of sp³-hybridized carbons (Fsp3) is 0.943. The second kappa shape index (κ2) is 45.9. The van der Waals surface area contributed by atoms with Gasteiger partial charge in [0, 0.05) is 19.3 Å². The van der Waals surface area contributed by atoms with Crippen LogP contribution in [0.25, 0.3) is 0 Å². The SMILES string of the molecule is CCCCCCCCCCCCCCCCCC(=O)O[C@@H](COC(=O)CCCCCCCCCCCCCCC(C)C)COC(=O)CCCCCCCCCCC(C)C. The molecule has 0 saturated carbocycles. The summed E-state index contributed by atoms with van der Waals surface area (Å²) in [5, 5.41) is 0. The molecule has 0 fully saturated rings. The van der Waals surface area contributed by atoms with Gasteiger partial charge in [-0.25, -0.2) is 0 Å². The molecule has 0 aromatic heterocycles. The lowest BCUT2D eigenvalue weighted by Gasteiger charge is -2.18. The van der Waals surface area contributed by atoms with Gasteiger partial charge in [-0.2, -0.15) is 0 Å². The molecule has 59 heavy (non-hydrogen) atoms. The average Bonchev–Trinajstić information content (AvgIpc) is 3.20. The standard InChI is InChI=1S/C53H102O6/c1-6-7-8-9-10-11-12-13-14-15-20-23-30-35-40-45-53(56)59-50(47-58-52(55)44-39-34-29-25-24-27-32-37-42-49(4)5)46-57-51(54)43-38-33-28-22-19-17-16-18-21-26-31-36-41-48(2)3/h48-50H,6-47H2,1-5H3/t50-/m0/s1. The summed E-state index contributed by atoms with van der Waals surface area (Å²) in [6.45, 7) is 11.3. The van der Waals surface area contributed by atoms with E-state index in [9.17, 15) is 14.4 Å². The Morgan fingerprint density at radius 3 is 0.831 bits per heavy atom. The Morgan fingerprint density at radius 2 is 0.559 bits per heavy atom. The predicted molar refractivity (Wildman–Crippen MR) is 252 cm³/mol. The van der Waals surface area contributed by atoms with Crippen LogP contribution >= 0.6 is 0 Å². The maximum atomic E-state index is 12.8. The van der Waals surface area contributed by atoms with Crippen LogP contribution < -0.4 is 0 Å². The summed E-state index contributed by atoms with van der Waals surface area (Å²) in [6, 6.07) is 0. The lowest BCUT2D eigenvalue weighted by atomic mass is 10.0. The molecule has 0 radical (unpaired) electrons. The lowest BCUT2D eigenvalue weighted by molar-refractivity contribution is -0.167. The third kappa shape index (κ3) is 47.3. The van der Waals surface area contributed by atoms with Crippen molar-refractivity contribution in [1.82, 2.24) is 0 Å². The van der Waals surface area contributed by atoms with Gasteiger partial charge in [0.05, 0.1) is 0 Å². The van der Waals surface area contributed by atoms with Gasteiger partial charge in [0.1, 0.15) is 13.2 Å². The van der Waals surface area contributed by atoms with E-state index in [-0.39, 0.29) is 31.1 Å². The molecule has 0 amide bonds. The van der Waals surface area contributed by atoms with Crippen molar-refractivity contribution < 1.29 is 28.6 Å². The number of carbonyl (C=O) groups is 3. The van der Waals surface area contributed by atoms with Crippen molar-refractivity contribution in [2.45, 2.75) is 298 Å². The number of carbonyl (C=O) groups excluding carboxylic acids is 3. The first kappa shape index (κ1) is 57.4. The van der Waals surface area contributed by atoms with Gasteiger partial charge in [0.2, 0.25) is 0 Å². The summed E-state index contributed by atoms with van der Waals surface area (Å²) >= 11 is 0. The van der Waals surface area contributed by atoms with Gasteiger partial charge >= 0.3 is 17.9 Å². The summed E-state index contributed by atoms with van der Waals surface area (Å²) in [6.07, 6.45) is 46.6. The molecule has 6 nitrogen and oxygen atoms in total. The molecule has 0 bridgehead atoms. The third-order valence-corrected chi connectivity index (χ3v) is 12.0. The van der Waals surface area contributed by atoms with Gasteiger partial charge in [0.15, 0.2) is 6.10 Å². The van der Waals surface area contributed by atoms with Crippen molar-refractivity contribution in [3.63, 3.8) is 0 Å². The van der Waals surface area contributed by atoms with E-state index >= 15 is 0 Å². The van der Waals surface area contributed by atoms with E-state index in [0.29, 0.717) is 19.3 Å². The average molecular weight is 835 g/mol. The van der Waals surface area contributed by atoms with Crippen LogP contribution in [0.15, 0.2) is 0 Å². The first-order valence-corrected chi connectivity index (χ1v) is 26.2. The Morgan fingerprint density at radius 1 is 0.322 bits per heavy atom. The maximum Gasteiger partial charge on any atom is 0.306 e. The van der Waals surface area contributed by atoms with Crippen molar-refractivity contribution in [1.29, 1.82) is 0 Å². The van der Waals surface area contributed by atoms with Crippen LogP contribution in [0.5, 0.6) is 0 Å². The molecule has 0 unspecified atom stereocenters. The molecule has 1 atom stereocenters. The van der Waals surface area contributed by atoms with Crippen LogP contribution in [0.2, 0.25) is 0 Å². The first-order chi connectivity index (χ1) is 28.7. The number of hydrogen-bond acceptors (Lipinski definition) is 6. The highest BCUT2D eigenvalue weighted by Gasteiger charge is 2.19. The molecule has 0 spiro atoms. The normalized spacial score (nSPS) is 12.1. The highest BCUT2D eigenvalue weighted by molar-refractivity contribution is 5.71. The molecular weight excluding hydrogens is 733 g/mol. The number of ether oxygens (including phenoxy) is 3. The molecule has 0 aromatic rings. The molecule has 0 aliphatic carbocycles. The van der Waals surface area contributed by atoms with Crippen molar-refractivity contribution in [3.05, 3.63) is 0 Å². The van der Waals surface area contributed by atoms with E-state index in [1.54, 1.807) is 0 Å². The first-order valence-electron chi connectivity index (χ1n) is 26.2. The Hall–Kier alpha value is -1.59. The predicted octanol–water partition coefficient (Wildman–Crippen LogP) is 16.9. The van der Waals surface area contributed by atoms with E-state index in [1.165, 1.54) is 180 Å². The molecule has 0 aliphatic heterocycles. The summed E-state index contributed by atoms with van der Waals surface area (Å²) in [7, 11) is 0. The van der Waals surface area contributed by atoms with E-state index in [0.717, 1.165) is 69.6 Å². The van der Waals surface area contributed by atoms with Crippen molar-refractivity contribution in [2.75, 3.05) is 13.2 Å². The molecule has 0 saturated heterocycles. The Bertz CT molecular complexity index is 900. The topological polar surface area (TPSA) is 78.9 Å². The van der Waals surface area contributed by atoms with Crippen LogP contribution in [0.4, 0.5) is 0 Å². The monoisotopic (exact) mass is 835 g/mol. The van der Waals surface area contributed by atoms with Crippen LogP contribution in [0.3, 0.4) is 0 Å². The summed E-state index contributed by atoms with van der Waals surface area (Å²) in [5.74, 6) is 0.782. The molecule has 350 valence electrons. The van der Waals surface area contributed by atoms with Crippen LogP contribution in [0.1, 0.15) is 291 Å². The van der Waals surface area contributed by atoms with E-state index in [2.05, 4.69) is 34.6 Å². The zero-order valence-electron chi connectivity index (χ0n) is 40.4. The number of rotatable bonds is 47. The molecule has 0 N–H and O–H groups in total. The summed E-state index contributed by atoms with van der Waals surface area (Å²) in [4.78, 5) is 37.9. The van der Waals surface area contributed by atoms with Crippen LogP contribution in [0, 0.1) is 11.8 Å². The van der Waals surface area contributed by atoms with Gasteiger partial charge in [-0.05, 0) is 31.1 Å². The highest BCUT2D eigenvalue weighted by Crippen LogP contribution is 2.17. The molecule has 0 aliphatic rings. The summed E-state index contributed by atoms with van der Waals surface area (Å²) < 4.78 is 16.8. The Labute approximate surface area is 368 Å². The van der Waals surface area contributed by atoms with E-state index in [1.807, 2.05) is 0 Å². The molecule has 0 rings (SSSR count). The Balaban J connectivity index is 4.30. The smallest absolute Gasteiger partial charge is 0.306 e. The van der Waals surface area contributed by atoms with Gasteiger partial charge < -0.3 is 14.2 Å². The molecule has 0 heterocycles. The fourth-order valence-corrected chi connectivity index (χ4v) is 7.99. The third-order valence-electron chi connectivity index (χ3n) is 12.0. The number of unbranched alkanes of at least 4 members (excludes halogenated alkanes) is 32. The van der Waals surface area contributed by atoms with Crippen LogP contribution in [-0.2, 0) is 28.6 Å². The number of hydrogen-bond donors (Lipinski definition) is 0. The maximum absolute atomic E-state index is 12.8. The minimum atomic E-state index is -0.762. The molecule has 0 aromatic carbocycles. The molecule has 6 heteroatoms. The second-order valence-corrected chi connectivity index (χ2v) is 19.1. The fourth-order valence-electron chi connectivity index (χ4n) is 7.99. The van der Waals surface area contributed by atoms with Crippen molar-refractivity contribution in [3.8, 4) is 0 Å². The minimum Gasteiger partial charge on any atom is -0.462 e. The summed E-state index contributed by atoms with van der Waals surface area (Å²) in [5.41, 5.74) is 0. The zero-order chi connectivity index (χ0) is 43.3. The second-order valence-electron chi connectivity index (χ2n) is 19.1. The minimum absolute atomic E-state index is 0.0639. The quantitative estimate of drug-likeness (QED) is 0.0345. The van der Waals surface area contributed by atoms with E-state index in [4.69, 9.17) is 14.2 Å². The lowest BCUT2D eigenvalue weighted by Crippen LogP contribution is -2.30. The van der Waals surface area contributed by atoms with Crippen LogP contribution in [-0.4, -0.2) is 37.2 Å². The van der Waals surface area contributed by atoms with Crippen molar-refractivity contribution in [2.24, 2.45) is 11.8 Å². The largest absolute Gasteiger partial charge is 0.462 e. The van der Waals surface area contributed by atoms with Gasteiger partial charge in [-0.15, -0.1) is 0 Å². The van der Waals surface area contributed by atoms with Crippen molar-refractivity contribution >= 4 is 17.9 Å². The van der Waals surface area contributed by atoms with Gasteiger partial charge in [0.25, 0.3) is 0 Å². The molecular formula is C53H102O6. The van der Waals surface area contributed by atoms with Gasteiger partial charge in [-0.1, -0.05) is 253 Å². The highest BCUT2D eigenvalue weighted by atomic mass is 16.6.